The molecule has 1 aromatic heterocycles. The van der Waals surface area contributed by atoms with Gasteiger partial charge in [0.05, 0.1) is 11.6 Å². The fourth-order valence-electron chi connectivity index (χ4n) is 2.73. The number of aromatic amines is 1. The third-order valence-electron chi connectivity index (χ3n) is 3.92. The van der Waals surface area contributed by atoms with E-state index < -0.39 is 0 Å². The molecule has 0 saturated heterocycles. The van der Waals surface area contributed by atoms with Crippen LogP contribution in [0.15, 0.2) is 48.5 Å². The molecule has 0 fully saturated rings. The van der Waals surface area contributed by atoms with Crippen LogP contribution in [-0.2, 0) is 11.3 Å². The smallest absolute Gasteiger partial charge is 0.244 e. The number of carbonyl (C=O) groups excluding carboxylic acids is 1. The number of halogens is 1. The first-order valence-electron chi connectivity index (χ1n) is 7.81. The lowest BCUT2D eigenvalue weighted by Gasteiger charge is -2.02. The van der Waals surface area contributed by atoms with Gasteiger partial charge >= 0.3 is 0 Å². The molecule has 5 nitrogen and oxygen atoms in total. The van der Waals surface area contributed by atoms with E-state index in [1.54, 1.807) is 18.2 Å². The van der Waals surface area contributed by atoms with Gasteiger partial charge in [0, 0.05) is 17.3 Å². The molecule has 2 heterocycles. The van der Waals surface area contributed by atoms with Crippen molar-refractivity contribution in [1.29, 1.82) is 0 Å². The normalized spacial score (nSPS) is 12.8. The Morgan fingerprint density at radius 1 is 1.24 bits per heavy atom. The Labute approximate surface area is 149 Å². The number of H-pyrrole nitrogens is 1. The van der Waals surface area contributed by atoms with Crippen LogP contribution in [0.5, 0.6) is 11.5 Å². The summed E-state index contributed by atoms with van der Waals surface area (Å²) in [5.74, 6) is 0.945. The summed E-state index contributed by atoms with van der Waals surface area (Å²) in [6.45, 7) is 0.590. The molecule has 126 valence electrons. The van der Waals surface area contributed by atoms with E-state index in [4.69, 9.17) is 21.1 Å². The minimum atomic E-state index is -0.188. The molecule has 0 spiro atoms. The second-order valence-corrected chi connectivity index (χ2v) is 6.08. The molecular formula is C19H15ClN2O3. The molecule has 0 saturated carbocycles. The quantitative estimate of drug-likeness (QED) is 0.699. The molecule has 3 aromatic rings. The zero-order chi connectivity index (χ0) is 17.2. The summed E-state index contributed by atoms with van der Waals surface area (Å²) < 4.78 is 10.6. The van der Waals surface area contributed by atoms with Crippen LogP contribution in [0.1, 0.15) is 11.3 Å². The van der Waals surface area contributed by atoms with Crippen molar-refractivity contribution in [2.24, 2.45) is 0 Å². The maximum absolute atomic E-state index is 12.0. The van der Waals surface area contributed by atoms with Crippen molar-refractivity contribution in [2.45, 2.75) is 6.54 Å². The molecular weight excluding hydrogens is 340 g/mol. The predicted molar refractivity (Wildman–Crippen MR) is 96.8 cm³/mol. The fraction of sp³-hybridized carbons (Fsp3) is 0.105. The summed E-state index contributed by atoms with van der Waals surface area (Å²) >= 11 is 6.13. The highest BCUT2D eigenvalue weighted by molar-refractivity contribution is 6.32. The molecule has 0 unspecified atom stereocenters. The van der Waals surface area contributed by atoms with Crippen LogP contribution in [0.4, 0.5) is 0 Å². The number of hydrogen-bond acceptors (Lipinski definition) is 3. The number of hydrogen-bond donors (Lipinski definition) is 2. The van der Waals surface area contributed by atoms with Gasteiger partial charge in [-0.25, -0.2) is 0 Å². The van der Waals surface area contributed by atoms with E-state index in [-0.39, 0.29) is 12.7 Å². The number of amides is 1. The molecule has 6 heteroatoms. The first-order valence-corrected chi connectivity index (χ1v) is 8.18. The number of benzene rings is 2. The first-order chi connectivity index (χ1) is 12.2. The Bertz CT molecular complexity index is 945. The highest BCUT2D eigenvalue weighted by atomic mass is 35.5. The number of carbonyl (C=O) groups is 1. The second kappa shape index (κ2) is 6.53. The Morgan fingerprint density at radius 2 is 2.12 bits per heavy atom. The highest BCUT2D eigenvalue weighted by Crippen LogP contribution is 2.40. The topological polar surface area (TPSA) is 63.4 Å². The Hall–Kier alpha value is -2.92. The number of nitrogens with one attached hydrogen (secondary N) is 2. The van der Waals surface area contributed by atoms with Gasteiger partial charge in [0.2, 0.25) is 12.7 Å². The molecule has 1 aliphatic heterocycles. The maximum atomic E-state index is 12.0. The van der Waals surface area contributed by atoms with Crippen molar-refractivity contribution in [2.75, 3.05) is 6.79 Å². The van der Waals surface area contributed by atoms with Crippen molar-refractivity contribution < 1.29 is 14.3 Å². The minimum Gasteiger partial charge on any atom is -0.454 e. The van der Waals surface area contributed by atoms with E-state index in [9.17, 15) is 4.79 Å². The van der Waals surface area contributed by atoms with Crippen molar-refractivity contribution >= 4 is 34.5 Å². The predicted octanol–water partition coefficient (Wildman–Crippen LogP) is 3.88. The molecule has 0 bridgehead atoms. The zero-order valence-electron chi connectivity index (χ0n) is 13.2. The number of rotatable bonds is 4. The van der Waals surface area contributed by atoms with Gasteiger partial charge in [0.1, 0.15) is 0 Å². The van der Waals surface area contributed by atoms with E-state index in [0.29, 0.717) is 23.1 Å². The van der Waals surface area contributed by atoms with Gasteiger partial charge in [0.15, 0.2) is 11.5 Å². The van der Waals surface area contributed by atoms with Crippen LogP contribution >= 0.6 is 11.6 Å². The summed E-state index contributed by atoms with van der Waals surface area (Å²) in [4.78, 5) is 15.3. The number of ether oxygens (including phenoxy) is 2. The summed E-state index contributed by atoms with van der Waals surface area (Å²) in [6, 6.07) is 13.5. The Morgan fingerprint density at radius 3 is 3.00 bits per heavy atom. The summed E-state index contributed by atoms with van der Waals surface area (Å²) in [6.07, 6.45) is 3.16. The van der Waals surface area contributed by atoms with E-state index in [1.165, 1.54) is 6.08 Å². The largest absolute Gasteiger partial charge is 0.454 e. The molecule has 0 radical (unpaired) electrons. The van der Waals surface area contributed by atoms with Crippen molar-refractivity contribution in [3.8, 4) is 11.5 Å². The van der Waals surface area contributed by atoms with Gasteiger partial charge in [-0.3, -0.25) is 4.79 Å². The first kappa shape index (κ1) is 15.6. The molecule has 0 aliphatic carbocycles. The third kappa shape index (κ3) is 3.32. The van der Waals surface area contributed by atoms with Crippen LogP contribution < -0.4 is 14.8 Å². The standard InChI is InChI=1S/C19H15ClN2O3/c20-15-7-12(8-17-19(15)25-11-24-17)5-6-18(23)21-10-14-9-13-3-1-2-4-16(13)22-14/h1-9,22H,10-11H2,(H,21,23)/b6-5-. The number of fused-ring (bicyclic) bond motifs is 2. The Kier molecular flexibility index (Phi) is 4.07. The van der Waals surface area contributed by atoms with Gasteiger partial charge < -0.3 is 19.8 Å². The van der Waals surface area contributed by atoms with Crippen LogP contribution in [0.25, 0.3) is 17.0 Å². The van der Waals surface area contributed by atoms with E-state index in [0.717, 1.165) is 22.2 Å². The number of para-hydroxylation sites is 1. The minimum absolute atomic E-state index is 0.160. The molecule has 4 rings (SSSR count). The fourth-order valence-corrected chi connectivity index (χ4v) is 3.00. The summed E-state index contributed by atoms with van der Waals surface area (Å²) in [5.41, 5.74) is 2.78. The zero-order valence-corrected chi connectivity index (χ0v) is 14.0. The third-order valence-corrected chi connectivity index (χ3v) is 4.20. The highest BCUT2D eigenvalue weighted by Gasteiger charge is 2.17. The van der Waals surface area contributed by atoms with E-state index in [2.05, 4.69) is 10.3 Å². The van der Waals surface area contributed by atoms with Gasteiger partial charge in [-0.05, 0) is 41.3 Å². The van der Waals surface area contributed by atoms with Crippen LogP contribution in [-0.4, -0.2) is 17.7 Å². The van der Waals surface area contributed by atoms with Crippen molar-refractivity contribution in [3.05, 3.63) is 64.8 Å². The van der Waals surface area contributed by atoms with Crippen molar-refractivity contribution in [1.82, 2.24) is 10.3 Å². The van der Waals surface area contributed by atoms with Crippen molar-refractivity contribution in [3.63, 3.8) is 0 Å². The monoisotopic (exact) mass is 354 g/mol. The maximum Gasteiger partial charge on any atom is 0.244 e. The summed E-state index contributed by atoms with van der Waals surface area (Å²) in [5, 5.41) is 4.44. The van der Waals surface area contributed by atoms with Crippen LogP contribution in [0.2, 0.25) is 5.02 Å². The lowest BCUT2D eigenvalue weighted by molar-refractivity contribution is -0.116. The molecule has 2 aromatic carbocycles. The van der Waals surface area contributed by atoms with Gasteiger partial charge in [-0.15, -0.1) is 0 Å². The lowest BCUT2D eigenvalue weighted by atomic mass is 10.2. The van der Waals surface area contributed by atoms with E-state index in [1.807, 2.05) is 30.3 Å². The number of aromatic nitrogens is 1. The second-order valence-electron chi connectivity index (χ2n) is 5.67. The average molecular weight is 355 g/mol. The average Bonchev–Trinajstić information content (AvgIpc) is 3.24. The van der Waals surface area contributed by atoms with Crippen LogP contribution in [0, 0.1) is 0 Å². The van der Waals surface area contributed by atoms with Gasteiger partial charge in [0.25, 0.3) is 0 Å². The molecule has 1 amide bonds. The van der Waals surface area contributed by atoms with Gasteiger partial charge in [-0.1, -0.05) is 29.8 Å². The van der Waals surface area contributed by atoms with Crippen LogP contribution in [0.3, 0.4) is 0 Å². The lowest BCUT2D eigenvalue weighted by Crippen LogP contribution is -2.20. The van der Waals surface area contributed by atoms with E-state index >= 15 is 0 Å². The molecule has 1 aliphatic rings. The molecule has 2 N–H and O–H groups in total. The Balaban J connectivity index is 1.40. The SMILES string of the molecule is O=C(/C=C\c1cc(Cl)c2c(c1)OCO2)NCc1cc2ccccc2[nH]1. The molecule has 0 atom stereocenters. The summed E-state index contributed by atoms with van der Waals surface area (Å²) in [7, 11) is 0. The van der Waals surface area contributed by atoms with Gasteiger partial charge in [-0.2, -0.15) is 0 Å². The molecule has 25 heavy (non-hydrogen) atoms.